The number of rotatable bonds is 4. The smallest absolute Gasteiger partial charge is 0.0674 e. The third kappa shape index (κ3) is 2.69. The predicted octanol–water partition coefficient (Wildman–Crippen LogP) is 1.22. The van der Waals surface area contributed by atoms with Gasteiger partial charge in [-0.05, 0) is 19.8 Å². The van der Waals surface area contributed by atoms with Gasteiger partial charge in [0.1, 0.15) is 0 Å². The molecule has 1 aliphatic rings. The van der Waals surface area contributed by atoms with Crippen molar-refractivity contribution in [2.24, 2.45) is 5.73 Å². The quantitative estimate of drug-likeness (QED) is 0.741. The highest BCUT2D eigenvalue weighted by molar-refractivity contribution is 4.83. The lowest BCUT2D eigenvalue weighted by molar-refractivity contribution is -0.0715. The van der Waals surface area contributed by atoms with Crippen LogP contribution in [-0.4, -0.2) is 42.8 Å². The molecular formula is C11H24N2O. The first-order valence-corrected chi connectivity index (χ1v) is 5.80. The molecule has 3 unspecified atom stereocenters. The zero-order valence-corrected chi connectivity index (χ0v) is 9.70. The van der Waals surface area contributed by atoms with Crippen LogP contribution >= 0.6 is 0 Å². The fraction of sp³-hybridized carbons (Fsp3) is 1.00. The molecule has 1 fully saturated rings. The van der Waals surface area contributed by atoms with Crippen LogP contribution in [0.15, 0.2) is 0 Å². The summed E-state index contributed by atoms with van der Waals surface area (Å²) < 4.78 is 5.67. The molecule has 84 valence electrons. The van der Waals surface area contributed by atoms with Crippen molar-refractivity contribution >= 4 is 0 Å². The molecule has 0 aliphatic carbocycles. The molecule has 2 N–H and O–H groups in total. The minimum Gasteiger partial charge on any atom is -0.376 e. The Morgan fingerprint density at radius 1 is 1.50 bits per heavy atom. The summed E-state index contributed by atoms with van der Waals surface area (Å²) >= 11 is 0. The molecule has 1 saturated heterocycles. The number of nitrogens with zero attached hydrogens (tertiary/aromatic N) is 1. The second-order valence-corrected chi connectivity index (χ2v) is 4.20. The van der Waals surface area contributed by atoms with Crippen LogP contribution in [0, 0.1) is 0 Å². The standard InChI is InChI=1S/C11H24N2O/c1-4-10(6-12)13-7-9(3)14-8-11(13)5-2/h9-11H,4-8,12H2,1-3H3. The molecule has 0 amide bonds. The fourth-order valence-electron chi connectivity index (χ4n) is 2.21. The Bertz CT molecular complexity index is 152. The normalized spacial score (nSPS) is 31.7. The number of hydrogen-bond donors (Lipinski definition) is 1. The highest BCUT2D eigenvalue weighted by Gasteiger charge is 2.29. The lowest BCUT2D eigenvalue weighted by Crippen LogP contribution is -2.54. The molecule has 3 atom stereocenters. The Kier molecular flexibility index (Phi) is 4.85. The van der Waals surface area contributed by atoms with E-state index in [2.05, 4.69) is 25.7 Å². The van der Waals surface area contributed by atoms with Crippen LogP contribution in [0.5, 0.6) is 0 Å². The Balaban J connectivity index is 2.59. The van der Waals surface area contributed by atoms with Gasteiger partial charge in [0.25, 0.3) is 0 Å². The van der Waals surface area contributed by atoms with Gasteiger partial charge in [0.2, 0.25) is 0 Å². The molecule has 3 heteroatoms. The van der Waals surface area contributed by atoms with Crippen LogP contribution < -0.4 is 5.73 Å². The number of morpholine rings is 1. The van der Waals surface area contributed by atoms with Crippen LogP contribution in [0.1, 0.15) is 33.6 Å². The van der Waals surface area contributed by atoms with Crippen LogP contribution in [0.4, 0.5) is 0 Å². The average Bonchev–Trinajstić information content (AvgIpc) is 2.20. The minimum atomic E-state index is 0.360. The number of nitrogens with two attached hydrogens (primary N) is 1. The SMILES string of the molecule is CCC(CN)N1CC(C)OCC1CC. The minimum absolute atomic E-state index is 0.360. The van der Waals surface area contributed by atoms with Gasteiger partial charge in [0.15, 0.2) is 0 Å². The topological polar surface area (TPSA) is 38.5 Å². The fourth-order valence-corrected chi connectivity index (χ4v) is 2.21. The number of hydrogen-bond acceptors (Lipinski definition) is 3. The Labute approximate surface area is 87.6 Å². The molecule has 1 aliphatic heterocycles. The average molecular weight is 200 g/mol. The van der Waals surface area contributed by atoms with Crippen molar-refractivity contribution in [2.75, 3.05) is 19.7 Å². The van der Waals surface area contributed by atoms with E-state index in [1.807, 2.05) is 0 Å². The monoisotopic (exact) mass is 200 g/mol. The Morgan fingerprint density at radius 2 is 2.21 bits per heavy atom. The molecule has 0 radical (unpaired) electrons. The molecule has 0 saturated carbocycles. The first-order chi connectivity index (χ1) is 6.72. The summed E-state index contributed by atoms with van der Waals surface area (Å²) in [5, 5.41) is 0. The van der Waals surface area contributed by atoms with Crippen LogP contribution in [-0.2, 0) is 4.74 Å². The lowest BCUT2D eigenvalue weighted by atomic mass is 10.1. The van der Waals surface area contributed by atoms with Crippen LogP contribution in [0.25, 0.3) is 0 Å². The van der Waals surface area contributed by atoms with E-state index >= 15 is 0 Å². The van der Waals surface area contributed by atoms with Crippen molar-refractivity contribution < 1.29 is 4.74 Å². The van der Waals surface area contributed by atoms with E-state index in [9.17, 15) is 0 Å². The first kappa shape index (κ1) is 12.0. The summed E-state index contributed by atoms with van der Waals surface area (Å²) in [4.78, 5) is 2.54. The van der Waals surface area contributed by atoms with Gasteiger partial charge in [-0.15, -0.1) is 0 Å². The summed E-state index contributed by atoms with van der Waals surface area (Å²) in [6, 6.07) is 1.10. The first-order valence-electron chi connectivity index (χ1n) is 5.80. The van der Waals surface area contributed by atoms with Crippen molar-refractivity contribution in [3.63, 3.8) is 0 Å². The predicted molar refractivity (Wildman–Crippen MR) is 59.3 cm³/mol. The lowest BCUT2D eigenvalue weighted by Gasteiger charge is -2.42. The molecule has 0 aromatic carbocycles. The molecule has 3 nitrogen and oxygen atoms in total. The summed E-state index contributed by atoms with van der Waals surface area (Å²) in [5.74, 6) is 0. The largest absolute Gasteiger partial charge is 0.376 e. The molecule has 0 bridgehead atoms. The van der Waals surface area contributed by atoms with Gasteiger partial charge in [-0.1, -0.05) is 13.8 Å². The van der Waals surface area contributed by atoms with Gasteiger partial charge in [0, 0.05) is 25.2 Å². The second kappa shape index (κ2) is 5.69. The number of ether oxygens (including phenoxy) is 1. The van der Waals surface area contributed by atoms with Crippen molar-refractivity contribution in [3.05, 3.63) is 0 Å². The summed E-state index contributed by atoms with van der Waals surface area (Å²) in [5.41, 5.74) is 5.79. The second-order valence-electron chi connectivity index (χ2n) is 4.20. The molecular weight excluding hydrogens is 176 g/mol. The summed E-state index contributed by atoms with van der Waals surface area (Å²) in [6.45, 7) is 9.24. The van der Waals surface area contributed by atoms with E-state index in [0.717, 1.165) is 32.5 Å². The molecule has 1 rings (SSSR count). The molecule has 14 heavy (non-hydrogen) atoms. The van der Waals surface area contributed by atoms with E-state index in [1.54, 1.807) is 0 Å². The van der Waals surface area contributed by atoms with E-state index in [0.29, 0.717) is 18.2 Å². The molecule has 0 spiro atoms. The summed E-state index contributed by atoms with van der Waals surface area (Å²) in [6.07, 6.45) is 2.65. The summed E-state index contributed by atoms with van der Waals surface area (Å²) in [7, 11) is 0. The van der Waals surface area contributed by atoms with E-state index in [1.165, 1.54) is 0 Å². The third-order valence-corrected chi connectivity index (χ3v) is 3.19. The zero-order valence-electron chi connectivity index (χ0n) is 9.70. The molecule has 1 heterocycles. The van der Waals surface area contributed by atoms with Crippen molar-refractivity contribution in [1.29, 1.82) is 0 Å². The maximum Gasteiger partial charge on any atom is 0.0674 e. The van der Waals surface area contributed by atoms with E-state index < -0.39 is 0 Å². The van der Waals surface area contributed by atoms with Crippen LogP contribution in [0.3, 0.4) is 0 Å². The van der Waals surface area contributed by atoms with Crippen molar-refractivity contribution in [3.8, 4) is 0 Å². The molecule has 0 aromatic rings. The van der Waals surface area contributed by atoms with Gasteiger partial charge < -0.3 is 10.5 Å². The van der Waals surface area contributed by atoms with Gasteiger partial charge in [0.05, 0.1) is 12.7 Å². The zero-order chi connectivity index (χ0) is 10.6. The van der Waals surface area contributed by atoms with Gasteiger partial charge in [-0.2, -0.15) is 0 Å². The van der Waals surface area contributed by atoms with E-state index in [4.69, 9.17) is 10.5 Å². The van der Waals surface area contributed by atoms with Gasteiger partial charge >= 0.3 is 0 Å². The van der Waals surface area contributed by atoms with Gasteiger partial charge in [-0.25, -0.2) is 0 Å². The Hall–Kier alpha value is -0.120. The molecule has 0 aromatic heterocycles. The van der Waals surface area contributed by atoms with Crippen molar-refractivity contribution in [1.82, 2.24) is 4.90 Å². The third-order valence-electron chi connectivity index (χ3n) is 3.19. The maximum absolute atomic E-state index is 5.79. The Morgan fingerprint density at radius 3 is 2.71 bits per heavy atom. The van der Waals surface area contributed by atoms with E-state index in [-0.39, 0.29) is 0 Å². The maximum atomic E-state index is 5.79. The van der Waals surface area contributed by atoms with Crippen LogP contribution in [0.2, 0.25) is 0 Å². The van der Waals surface area contributed by atoms with Gasteiger partial charge in [-0.3, -0.25) is 4.90 Å². The van der Waals surface area contributed by atoms with Crippen molar-refractivity contribution in [2.45, 2.75) is 51.8 Å². The highest BCUT2D eigenvalue weighted by Crippen LogP contribution is 2.18. The highest BCUT2D eigenvalue weighted by atomic mass is 16.5.